The number of nitrogens with zero attached hydrogens (tertiary/aromatic N) is 4. The lowest BCUT2D eigenvalue weighted by molar-refractivity contribution is -0.137. The monoisotopic (exact) mass is 484 g/mol. The Morgan fingerprint density at radius 1 is 1.26 bits per heavy atom. The summed E-state index contributed by atoms with van der Waals surface area (Å²) >= 11 is 0. The molecule has 1 saturated heterocycles. The average molecular weight is 485 g/mol. The maximum atomic E-state index is 13.7. The van der Waals surface area contributed by atoms with Gasteiger partial charge in [0.15, 0.2) is 0 Å². The quantitative estimate of drug-likeness (QED) is 0.516. The first-order valence-corrected chi connectivity index (χ1v) is 11.4. The molecule has 3 atom stereocenters. The number of halogens is 3. The second-order valence-electron chi connectivity index (χ2n) is 8.99. The lowest BCUT2D eigenvalue weighted by Gasteiger charge is -2.33. The summed E-state index contributed by atoms with van der Waals surface area (Å²) in [5.41, 5.74) is 2.29. The number of aliphatic imine (C=N–C) groups is 1. The highest BCUT2D eigenvalue weighted by Crippen LogP contribution is 2.41. The number of aryl methyl sites for hydroxylation is 1. The van der Waals surface area contributed by atoms with Crippen molar-refractivity contribution in [2.45, 2.75) is 51.9 Å². The van der Waals surface area contributed by atoms with E-state index in [-0.39, 0.29) is 29.9 Å². The van der Waals surface area contributed by atoms with Crippen LogP contribution in [0.1, 0.15) is 53.9 Å². The molecule has 2 bridgehead atoms. The van der Waals surface area contributed by atoms with Gasteiger partial charge >= 0.3 is 6.18 Å². The van der Waals surface area contributed by atoms with Crippen LogP contribution in [0.15, 0.2) is 60.0 Å². The minimum Gasteiger partial charge on any atom is -0.472 e. The van der Waals surface area contributed by atoms with Crippen molar-refractivity contribution in [2.24, 2.45) is 10.9 Å². The standard InChI is InChI=1S/C26H27F3N4O2/c1-5-9-30-23(15(2)3)22-16(4)8-10-31-24(22)25(34)33-14-17-11-19(33)20(12-17)35-21-7-6-18(13-32-21)26(27,28)29/h5-10,13,17,19-20H,2,11-12,14H2,1,3-4H3/b9-5-,30-23+. The third kappa shape index (κ3) is 4.99. The lowest BCUT2D eigenvalue weighted by atomic mass is 9.97. The van der Waals surface area contributed by atoms with Gasteiger partial charge in [0.05, 0.1) is 17.3 Å². The van der Waals surface area contributed by atoms with Gasteiger partial charge in [0, 0.05) is 36.8 Å². The highest BCUT2D eigenvalue weighted by molar-refractivity contribution is 6.17. The molecule has 35 heavy (non-hydrogen) atoms. The summed E-state index contributed by atoms with van der Waals surface area (Å²) in [6.07, 6.45) is 2.48. The largest absolute Gasteiger partial charge is 0.472 e. The number of alkyl halides is 3. The minimum atomic E-state index is -4.46. The molecule has 1 saturated carbocycles. The molecule has 2 aromatic heterocycles. The van der Waals surface area contributed by atoms with Crippen molar-refractivity contribution in [3.63, 3.8) is 0 Å². The van der Waals surface area contributed by atoms with Gasteiger partial charge in [0.2, 0.25) is 5.88 Å². The Labute approximate surface area is 202 Å². The van der Waals surface area contributed by atoms with Gasteiger partial charge in [-0.05, 0) is 62.8 Å². The molecular formula is C26H27F3N4O2. The molecule has 3 unspecified atom stereocenters. The number of hydrogen-bond donors (Lipinski definition) is 0. The van der Waals surface area contributed by atoms with E-state index in [0.717, 1.165) is 24.2 Å². The van der Waals surface area contributed by atoms with Crippen LogP contribution in [-0.2, 0) is 6.18 Å². The normalized spacial score (nSPS) is 22.2. The van der Waals surface area contributed by atoms with Gasteiger partial charge in [-0.25, -0.2) is 4.98 Å². The van der Waals surface area contributed by atoms with Gasteiger partial charge in [-0.15, -0.1) is 0 Å². The van der Waals surface area contributed by atoms with E-state index in [0.29, 0.717) is 35.5 Å². The predicted octanol–water partition coefficient (Wildman–Crippen LogP) is 5.38. The molecule has 2 fully saturated rings. The Balaban J connectivity index is 1.59. The van der Waals surface area contributed by atoms with Crippen LogP contribution in [0, 0.1) is 12.8 Å². The molecule has 0 radical (unpaired) electrons. The number of fused-ring (bicyclic) bond motifs is 2. The molecular weight excluding hydrogens is 457 g/mol. The van der Waals surface area contributed by atoms with Gasteiger partial charge in [0.25, 0.3) is 5.91 Å². The first kappa shape index (κ1) is 24.6. The smallest absolute Gasteiger partial charge is 0.417 e. The molecule has 1 aliphatic heterocycles. The Hall–Kier alpha value is -3.49. The fourth-order valence-electron chi connectivity index (χ4n) is 4.79. The number of carbonyl (C=O) groups excluding carboxylic acids is 1. The molecule has 6 nitrogen and oxygen atoms in total. The van der Waals surface area contributed by atoms with E-state index < -0.39 is 11.7 Å². The van der Waals surface area contributed by atoms with Crippen LogP contribution in [-0.4, -0.2) is 45.2 Å². The fraction of sp³-hybridized carbons (Fsp3) is 0.385. The van der Waals surface area contributed by atoms with Gasteiger partial charge in [-0.1, -0.05) is 12.7 Å². The van der Waals surface area contributed by atoms with Gasteiger partial charge in [-0.3, -0.25) is 14.8 Å². The summed E-state index contributed by atoms with van der Waals surface area (Å²) in [6, 6.07) is 3.79. The van der Waals surface area contributed by atoms with Crippen molar-refractivity contribution in [1.82, 2.24) is 14.9 Å². The highest BCUT2D eigenvalue weighted by Gasteiger charge is 2.49. The molecule has 3 heterocycles. The van der Waals surface area contributed by atoms with Crippen molar-refractivity contribution in [3.8, 4) is 5.88 Å². The summed E-state index contributed by atoms with van der Waals surface area (Å²) in [7, 11) is 0. The molecule has 2 aliphatic rings. The summed E-state index contributed by atoms with van der Waals surface area (Å²) < 4.78 is 44.5. The van der Waals surface area contributed by atoms with Crippen LogP contribution in [0.2, 0.25) is 0 Å². The second kappa shape index (κ2) is 9.64. The topological polar surface area (TPSA) is 67.7 Å². The van der Waals surface area contributed by atoms with Crippen molar-refractivity contribution < 1.29 is 22.7 Å². The van der Waals surface area contributed by atoms with Crippen molar-refractivity contribution in [2.75, 3.05) is 6.54 Å². The highest BCUT2D eigenvalue weighted by atomic mass is 19.4. The van der Waals surface area contributed by atoms with E-state index in [4.69, 9.17) is 4.74 Å². The number of allylic oxidation sites excluding steroid dienone is 2. The number of aromatic nitrogens is 2. The zero-order chi connectivity index (χ0) is 25.3. The fourth-order valence-corrected chi connectivity index (χ4v) is 4.79. The first-order chi connectivity index (χ1) is 16.6. The van der Waals surface area contributed by atoms with Crippen LogP contribution in [0.25, 0.3) is 0 Å². The SMILES string of the molecule is C=C(C)/C(=N\C=C/C)c1c(C)ccnc1C(=O)N1CC2CC(Oc3ccc(C(F)(F)F)cn3)C1C2. The predicted molar refractivity (Wildman–Crippen MR) is 126 cm³/mol. The van der Waals surface area contributed by atoms with E-state index in [9.17, 15) is 18.0 Å². The molecule has 1 aliphatic carbocycles. The minimum absolute atomic E-state index is 0.111. The Kier molecular flexibility index (Phi) is 6.78. The number of hydrogen-bond acceptors (Lipinski definition) is 5. The Bertz CT molecular complexity index is 1190. The Morgan fingerprint density at radius 3 is 2.63 bits per heavy atom. The van der Waals surface area contributed by atoms with E-state index >= 15 is 0 Å². The van der Waals surface area contributed by atoms with Crippen molar-refractivity contribution >= 4 is 11.6 Å². The lowest BCUT2D eigenvalue weighted by Crippen LogP contribution is -2.47. The molecule has 0 spiro atoms. The van der Waals surface area contributed by atoms with Gasteiger partial charge in [-0.2, -0.15) is 13.2 Å². The number of amides is 1. The molecule has 184 valence electrons. The summed E-state index contributed by atoms with van der Waals surface area (Å²) in [5.74, 6) is 0.133. The molecule has 4 rings (SSSR count). The zero-order valence-electron chi connectivity index (χ0n) is 19.8. The van der Waals surface area contributed by atoms with E-state index in [1.165, 1.54) is 6.07 Å². The average Bonchev–Trinajstić information content (AvgIpc) is 3.40. The van der Waals surface area contributed by atoms with Crippen LogP contribution in [0.5, 0.6) is 5.88 Å². The van der Waals surface area contributed by atoms with Crippen LogP contribution >= 0.6 is 0 Å². The first-order valence-electron chi connectivity index (χ1n) is 11.4. The molecule has 0 N–H and O–H groups in total. The second-order valence-corrected chi connectivity index (χ2v) is 8.99. The van der Waals surface area contributed by atoms with Crippen LogP contribution in [0.3, 0.4) is 0 Å². The molecule has 2 aromatic rings. The van der Waals surface area contributed by atoms with E-state index in [1.807, 2.05) is 26.8 Å². The third-order valence-electron chi connectivity index (χ3n) is 6.38. The number of piperidine rings is 1. The number of likely N-dealkylation sites (tertiary alicyclic amines) is 1. The summed E-state index contributed by atoms with van der Waals surface area (Å²) in [6.45, 7) is 10.2. The molecule has 0 aromatic carbocycles. The number of pyridine rings is 2. The maximum Gasteiger partial charge on any atom is 0.417 e. The van der Waals surface area contributed by atoms with Crippen molar-refractivity contribution in [3.05, 3.63) is 77.4 Å². The number of ether oxygens (including phenoxy) is 1. The zero-order valence-corrected chi connectivity index (χ0v) is 19.8. The van der Waals surface area contributed by atoms with Crippen LogP contribution < -0.4 is 4.74 Å². The van der Waals surface area contributed by atoms with Gasteiger partial charge in [0.1, 0.15) is 11.8 Å². The molecule has 9 heteroatoms. The van der Waals surface area contributed by atoms with E-state index in [1.54, 1.807) is 23.4 Å². The maximum absolute atomic E-state index is 13.7. The third-order valence-corrected chi connectivity index (χ3v) is 6.38. The number of carbonyl (C=O) groups is 1. The van der Waals surface area contributed by atoms with E-state index in [2.05, 4.69) is 21.5 Å². The molecule has 1 amide bonds. The summed E-state index contributed by atoms with van der Waals surface area (Å²) in [5, 5.41) is 0. The van der Waals surface area contributed by atoms with Gasteiger partial charge < -0.3 is 9.64 Å². The summed E-state index contributed by atoms with van der Waals surface area (Å²) in [4.78, 5) is 28.2. The van der Waals surface area contributed by atoms with Crippen LogP contribution in [0.4, 0.5) is 13.2 Å². The number of rotatable bonds is 6. The Morgan fingerprint density at radius 2 is 2.03 bits per heavy atom. The van der Waals surface area contributed by atoms with Crippen molar-refractivity contribution in [1.29, 1.82) is 0 Å².